The SMILES string of the molecule is COC(=O)[C@H](CCCN1C(=O)c2ccccc2C1=O)NC(=O)c1ccc(NCc2c[nH]c3nc(N)nc(N)c23)cc1. The molecule has 210 valence electrons. The Morgan fingerprint density at radius 3 is 2.37 bits per heavy atom. The van der Waals surface area contributed by atoms with Crippen LogP contribution in [0.5, 0.6) is 0 Å². The Labute approximate surface area is 234 Å². The van der Waals surface area contributed by atoms with E-state index in [9.17, 15) is 19.2 Å². The second-order valence-corrected chi connectivity index (χ2v) is 9.43. The van der Waals surface area contributed by atoms with E-state index in [1.54, 1.807) is 54.7 Å². The van der Waals surface area contributed by atoms with Gasteiger partial charge in [0, 0.05) is 36.1 Å². The number of amides is 3. The van der Waals surface area contributed by atoms with Gasteiger partial charge in [-0.2, -0.15) is 9.97 Å². The zero-order valence-corrected chi connectivity index (χ0v) is 22.1. The summed E-state index contributed by atoms with van der Waals surface area (Å²) in [5, 5.41) is 6.63. The van der Waals surface area contributed by atoms with Gasteiger partial charge in [-0.3, -0.25) is 19.3 Å². The van der Waals surface area contributed by atoms with Crippen LogP contribution in [-0.2, 0) is 16.1 Å². The Hall–Kier alpha value is -5.46. The highest BCUT2D eigenvalue weighted by Crippen LogP contribution is 2.24. The van der Waals surface area contributed by atoms with Crippen LogP contribution in [0.25, 0.3) is 11.0 Å². The van der Waals surface area contributed by atoms with Crippen LogP contribution in [0.2, 0.25) is 0 Å². The van der Waals surface area contributed by atoms with Crippen molar-refractivity contribution in [1.29, 1.82) is 0 Å². The third-order valence-corrected chi connectivity index (χ3v) is 6.83. The fraction of sp³-hybridized carbons (Fsp3) is 0.214. The van der Waals surface area contributed by atoms with E-state index in [-0.39, 0.29) is 36.5 Å². The molecule has 2 aromatic carbocycles. The summed E-state index contributed by atoms with van der Waals surface area (Å²) in [6, 6.07) is 12.4. The van der Waals surface area contributed by atoms with Crippen molar-refractivity contribution in [3.8, 4) is 0 Å². The Morgan fingerprint density at radius 1 is 1.02 bits per heavy atom. The Morgan fingerprint density at radius 2 is 1.71 bits per heavy atom. The van der Waals surface area contributed by atoms with Crippen molar-refractivity contribution in [3.05, 3.63) is 77.0 Å². The number of H-pyrrole nitrogens is 1. The molecule has 2 aromatic heterocycles. The molecule has 0 fully saturated rings. The van der Waals surface area contributed by atoms with Gasteiger partial charge in [-0.25, -0.2) is 4.79 Å². The fourth-order valence-electron chi connectivity index (χ4n) is 4.75. The summed E-state index contributed by atoms with van der Waals surface area (Å²) in [4.78, 5) is 62.8. The molecular formula is C28H28N8O5. The smallest absolute Gasteiger partial charge is 0.328 e. The molecule has 1 atom stereocenters. The number of rotatable bonds is 10. The van der Waals surface area contributed by atoms with E-state index in [0.717, 1.165) is 16.2 Å². The number of aromatic amines is 1. The first-order valence-electron chi connectivity index (χ1n) is 12.8. The van der Waals surface area contributed by atoms with Crippen molar-refractivity contribution in [2.24, 2.45) is 0 Å². The molecule has 0 radical (unpaired) electrons. The number of benzene rings is 2. The monoisotopic (exact) mass is 556 g/mol. The van der Waals surface area contributed by atoms with Crippen molar-refractivity contribution in [3.63, 3.8) is 0 Å². The maximum atomic E-state index is 12.9. The molecular weight excluding hydrogens is 528 g/mol. The molecule has 0 saturated heterocycles. The molecule has 0 spiro atoms. The predicted molar refractivity (Wildman–Crippen MR) is 151 cm³/mol. The highest BCUT2D eigenvalue weighted by molar-refractivity contribution is 6.21. The normalized spacial score (nSPS) is 13.2. The lowest BCUT2D eigenvalue weighted by atomic mass is 10.1. The number of esters is 1. The molecule has 7 N–H and O–H groups in total. The Balaban J connectivity index is 1.17. The maximum absolute atomic E-state index is 12.9. The minimum Gasteiger partial charge on any atom is -0.467 e. The highest BCUT2D eigenvalue weighted by Gasteiger charge is 2.35. The molecule has 1 aliphatic heterocycles. The number of aromatic nitrogens is 3. The van der Waals surface area contributed by atoms with Gasteiger partial charge in [0.05, 0.1) is 23.6 Å². The van der Waals surface area contributed by atoms with Crippen LogP contribution >= 0.6 is 0 Å². The molecule has 0 saturated carbocycles. The zero-order valence-electron chi connectivity index (χ0n) is 22.1. The van der Waals surface area contributed by atoms with Crippen LogP contribution in [0.1, 0.15) is 49.5 Å². The number of ether oxygens (including phenoxy) is 1. The quantitative estimate of drug-likeness (QED) is 0.142. The standard InChI is InChI=1S/C28H28N8O5/c1-41-27(40)20(7-4-12-36-25(38)18-5-2-3-6-19(18)26(36)39)33-24(37)15-8-10-17(11-9-15)31-13-16-14-32-23-21(16)22(29)34-28(30)35-23/h2-3,5-6,8-11,14,20,31H,4,7,12-13H2,1H3,(H,33,37)(H5,29,30,32,34,35)/t20-/m0/s1. The summed E-state index contributed by atoms with van der Waals surface area (Å²) in [7, 11) is 1.23. The molecule has 5 rings (SSSR count). The van der Waals surface area contributed by atoms with Crippen LogP contribution in [0.15, 0.2) is 54.7 Å². The molecule has 41 heavy (non-hydrogen) atoms. The van der Waals surface area contributed by atoms with Gasteiger partial charge in [0.2, 0.25) is 5.95 Å². The molecule has 0 aliphatic carbocycles. The number of anilines is 3. The van der Waals surface area contributed by atoms with Gasteiger partial charge in [0.25, 0.3) is 17.7 Å². The van der Waals surface area contributed by atoms with Crippen LogP contribution in [0.3, 0.4) is 0 Å². The minimum atomic E-state index is -0.955. The first-order valence-corrected chi connectivity index (χ1v) is 12.8. The van der Waals surface area contributed by atoms with Gasteiger partial charge in [-0.1, -0.05) is 12.1 Å². The summed E-state index contributed by atoms with van der Waals surface area (Å²) in [6.45, 7) is 0.526. The molecule has 1 aliphatic rings. The average molecular weight is 557 g/mol. The fourth-order valence-corrected chi connectivity index (χ4v) is 4.75. The van der Waals surface area contributed by atoms with Crippen molar-refractivity contribution < 1.29 is 23.9 Å². The Bertz CT molecular complexity index is 1610. The van der Waals surface area contributed by atoms with Crippen LogP contribution in [-0.4, -0.2) is 63.2 Å². The van der Waals surface area contributed by atoms with Crippen molar-refractivity contribution in [1.82, 2.24) is 25.2 Å². The number of hydrogen-bond donors (Lipinski definition) is 5. The average Bonchev–Trinajstić information content (AvgIpc) is 3.49. The number of nitrogens with one attached hydrogen (secondary N) is 3. The summed E-state index contributed by atoms with van der Waals surface area (Å²) in [5.41, 5.74) is 14.8. The Kier molecular flexibility index (Phi) is 7.50. The highest BCUT2D eigenvalue weighted by atomic mass is 16.5. The molecule has 0 unspecified atom stereocenters. The molecule has 3 heterocycles. The van der Waals surface area contributed by atoms with Crippen LogP contribution in [0.4, 0.5) is 17.5 Å². The lowest BCUT2D eigenvalue weighted by Gasteiger charge is -2.19. The number of methoxy groups -OCH3 is 1. The van der Waals surface area contributed by atoms with Gasteiger partial charge < -0.3 is 31.8 Å². The van der Waals surface area contributed by atoms with Gasteiger partial charge >= 0.3 is 5.97 Å². The first kappa shape index (κ1) is 27.1. The van der Waals surface area contributed by atoms with E-state index in [1.165, 1.54) is 7.11 Å². The van der Waals surface area contributed by atoms with Crippen molar-refractivity contribution >= 4 is 52.2 Å². The number of imide groups is 1. The maximum Gasteiger partial charge on any atom is 0.328 e. The zero-order chi connectivity index (χ0) is 29.1. The summed E-state index contributed by atoms with van der Waals surface area (Å²) >= 11 is 0. The van der Waals surface area contributed by atoms with Crippen molar-refractivity contribution in [2.75, 3.05) is 30.4 Å². The lowest BCUT2D eigenvalue weighted by molar-refractivity contribution is -0.143. The first-order chi connectivity index (χ1) is 19.8. The lowest BCUT2D eigenvalue weighted by Crippen LogP contribution is -2.42. The van der Waals surface area contributed by atoms with Gasteiger partial charge in [-0.05, 0) is 49.2 Å². The molecule has 13 heteroatoms. The third kappa shape index (κ3) is 5.50. The second-order valence-electron chi connectivity index (χ2n) is 9.43. The largest absolute Gasteiger partial charge is 0.467 e. The number of nitrogens with two attached hydrogens (primary N) is 2. The van der Waals surface area contributed by atoms with Gasteiger partial charge in [-0.15, -0.1) is 0 Å². The van der Waals surface area contributed by atoms with Crippen molar-refractivity contribution in [2.45, 2.75) is 25.4 Å². The van der Waals surface area contributed by atoms with E-state index in [4.69, 9.17) is 16.2 Å². The predicted octanol–water partition coefficient (Wildman–Crippen LogP) is 2.08. The minimum absolute atomic E-state index is 0.0856. The number of carbonyl (C=O) groups is 4. The number of nitrogens with zero attached hydrogens (tertiary/aromatic N) is 3. The number of carbonyl (C=O) groups excluding carboxylic acids is 4. The third-order valence-electron chi connectivity index (χ3n) is 6.83. The van der Waals surface area contributed by atoms with E-state index in [2.05, 4.69) is 25.6 Å². The van der Waals surface area contributed by atoms with E-state index in [1.807, 2.05) is 0 Å². The summed E-state index contributed by atoms with van der Waals surface area (Å²) < 4.78 is 4.86. The number of nitrogen functional groups attached to an aromatic ring is 2. The van der Waals surface area contributed by atoms with E-state index < -0.39 is 17.9 Å². The van der Waals surface area contributed by atoms with E-state index >= 15 is 0 Å². The van der Waals surface area contributed by atoms with Crippen LogP contribution < -0.4 is 22.1 Å². The van der Waals surface area contributed by atoms with E-state index in [0.29, 0.717) is 40.7 Å². The molecule has 3 amide bonds. The summed E-state index contributed by atoms with van der Waals surface area (Å²) in [5.74, 6) is -1.47. The number of fused-ring (bicyclic) bond motifs is 2. The molecule has 13 nitrogen and oxygen atoms in total. The summed E-state index contributed by atoms with van der Waals surface area (Å²) in [6.07, 6.45) is 2.24. The molecule has 0 bridgehead atoms. The number of hydrogen-bond acceptors (Lipinski definition) is 10. The van der Waals surface area contributed by atoms with Gasteiger partial charge in [0.15, 0.2) is 0 Å². The topological polar surface area (TPSA) is 198 Å². The van der Waals surface area contributed by atoms with Gasteiger partial charge in [0.1, 0.15) is 17.5 Å². The van der Waals surface area contributed by atoms with Crippen LogP contribution in [0, 0.1) is 0 Å². The second kappa shape index (κ2) is 11.3. The molecule has 4 aromatic rings.